The summed E-state index contributed by atoms with van der Waals surface area (Å²) in [6.45, 7) is 4.75. The summed E-state index contributed by atoms with van der Waals surface area (Å²) < 4.78 is 0. The van der Waals surface area contributed by atoms with Crippen molar-refractivity contribution >= 4 is 28.3 Å². The molecule has 0 bridgehead atoms. The van der Waals surface area contributed by atoms with Crippen LogP contribution in [0, 0.1) is 5.92 Å². The third-order valence-electron chi connectivity index (χ3n) is 3.05. The van der Waals surface area contributed by atoms with Gasteiger partial charge in [0.1, 0.15) is 0 Å². The van der Waals surface area contributed by atoms with Crippen LogP contribution in [0.3, 0.4) is 0 Å². The van der Waals surface area contributed by atoms with E-state index in [4.69, 9.17) is 0 Å². The van der Waals surface area contributed by atoms with E-state index in [1.807, 2.05) is 44.2 Å². The average Bonchev–Trinajstić information content (AvgIpc) is 2.93. The van der Waals surface area contributed by atoms with Gasteiger partial charge in [0.15, 0.2) is 5.13 Å². The zero-order valence-electron chi connectivity index (χ0n) is 13.3. The first-order valence-electron chi connectivity index (χ1n) is 7.58. The zero-order chi connectivity index (χ0) is 16.7. The summed E-state index contributed by atoms with van der Waals surface area (Å²) in [5, 5.41) is 7.95. The molecular weight excluding hydrogens is 310 g/mol. The number of anilines is 1. The molecule has 1 aromatic heterocycles. The topological polar surface area (TPSA) is 71.1 Å². The molecule has 0 aliphatic rings. The van der Waals surface area contributed by atoms with Gasteiger partial charge in [-0.25, -0.2) is 4.98 Å². The molecule has 0 aliphatic carbocycles. The van der Waals surface area contributed by atoms with Crippen molar-refractivity contribution in [3.05, 3.63) is 47.0 Å². The number of nitrogens with zero attached hydrogens (tertiary/aromatic N) is 1. The summed E-state index contributed by atoms with van der Waals surface area (Å²) in [6, 6.07) is 9.54. The summed E-state index contributed by atoms with van der Waals surface area (Å²) in [7, 11) is 0. The first kappa shape index (κ1) is 17.1. The molecule has 0 unspecified atom stereocenters. The number of thiazole rings is 1. The third kappa shape index (κ3) is 6.20. The van der Waals surface area contributed by atoms with Gasteiger partial charge in [-0.2, -0.15) is 0 Å². The van der Waals surface area contributed by atoms with Gasteiger partial charge in [0.05, 0.1) is 18.5 Å². The first-order chi connectivity index (χ1) is 11.0. The number of carbonyl (C=O) groups is 2. The second-order valence-corrected chi connectivity index (χ2v) is 6.59. The van der Waals surface area contributed by atoms with Crippen LogP contribution in [-0.2, 0) is 22.4 Å². The maximum absolute atomic E-state index is 12.0. The molecule has 2 N–H and O–H groups in total. The molecule has 0 spiro atoms. The van der Waals surface area contributed by atoms with E-state index < -0.39 is 0 Å². The quantitative estimate of drug-likeness (QED) is 0.819. The number of rotatable bonds is 7. The number of hydrogen-bond donors (Lipinski definition) is 2. The monoisotopic (exact) mass is 331 g/mol. The largest absolute Gasteiger partial charge is 0.356 e. The van der Waals surface area contributed by atoms with E-state index in [9.17, 15) is 9.59 Å². The van der Waals surface area contributed by atoms with Gasteiger partial charge in [0, 0.05) is 11.9 Å². The Hall–Kier alpha value is -2.21. The minimum Gasteiger partial charge on any atom is -0.356 e. The van der Waals surface area contributed by atoms with Crippen molar-refractivity contribution < 1.29 is 9.59 Å². The highest BCUT2D eigenvalue weighted by molar-refractivity contribution is 7.13. The van der Waals surface area contributed by atoms with Crippen LogP contribution in [0.15, 0.2) is 35.7 Å². The van der Waals surface area contributed by atoms with E-state index in [-0.39, 0.29) is 18.2 Å². The van der Waals surface area contributed by atoms with Gasteiger partial charge in [-0.05, 0) is 11.5 Å². The van der Waals surface area contributed by atoms with Gasteiger partial charge >= 0.3 is 0 Å². The van der Waals surface area contributed by atoms with Gasteiger partial charge < -0.3 is 10.6 Å². The van der Waals surface area contributed by atoms with Crippen molar-refractivity contribution in [2.75, 3.05) is 11.9 Å². The van der Waals surface area contributed by atoms with Crippen LogP contribution in [0.2, 0.25) is 0 Å². The molecule has 2 aromatic rings. The Morgan fingerprint density at radius 3 is 2.57 bits per heavy atom. The molecule has 2 amide bonds. The maximum Gasteiger partial charge on any atom is 0.230 e. The van der Waals surface area contributed by atoms with Crippen molar-refractivity contribution in [1.82, 2.24) is 10.3 Å². The zero-order valence-corrected chi connectivity index (χ0v) is 14.2. The molecule has 2 rings (SSSR count). The Labute approximate surface area is 140 Å². The van der Waals surface area contributed by atoms with E-state index >= 15 is 0 Å². The molecule has 0 aliphatic heterocycles. The highest BCUT2D eigenvalue weighted by atomic mass is 32.1. The fourth-order valence-electron chi connectivity index (χ4n) is 1.94. The molecule has 0 atom stereocenters. The van der Waals surface area contributed by atoms with Crippen molar-refractivity contribution in [3.8, 4) is 0 Å². The standard InChI is InChI=1S/C17H21N3O2S/c1-12(2)10-18-15(21)9-14-11-23-17(19-14)20-16(22)8-13-6-4-3-5-7-13/h3-7,11-12H,8-10H2,1-2H3,(H,18,21)(H,19,20,22). The Morgan fingerprint density at radius 2 is 1.87 bits per heavy atom. The van der Waals surface area contributed by atoms with Crippen LogP contribution in [0.5, 0.6) is 0 Å². The summed E-state index contributed by atoms with van der Waals surface area (Å²) in [6.07, 6.45) is 0.544. The van der Waals surface area contributed by atoms with E-state index in [1.54, 1.807) is 5.38 Å². The third-order valence-corrected chi connectivity index (χ3v) is 3.86. The maximum atomic E-state index is 12.0. The van der Waals surface area contributed by atoms with Crippen molar-refractivity contribution in [3.63, 3.8) is 0 Å². The summed E-state index contributed by atoms with van der Waals surface area (Å²) >= 11 is 1.33. The average molecular weight is 331 g/mol. The van der Waals surface area contributed by atoms with Crippen LogP contribution in [0.1, 0.15) is 25.1 Å². The van der Waals surface area contributed by atoms with Crippen LogP contribution in [0.4, 0.5) is 5.13 Å². The van der Waals surface area contributed by atoms with E-state index in [0.29, 0.717) is 29.7 Å². The lowest BCUT2D eigenvalue weighted by atomic mass is 10.1. The highest BCUT2D eigenvalue weighted by Crippen LogP contribution is 2.16. The van der Waals surface area contributed by atoms with Gasteiger partial charge in [-0.1, -0.05) is 44.2 Å². The lowest BCUT2D eigenvalue weighted by Crippen LogP contribution is -2.28. The van der Waals surface area contributed by atoms with Crippen molar-refractivity contribution in [2.24, 2.45) is 5.92 Å². The lowest BCUT2D eigenvalue weighted by Gasteiger charge is -2.06. The summed E-state index contributed by atoms with van der Waals surface area (Å²) in [5.74, 6) is 0.259. The second kappa shape index (κ2) is 8.43. The molecular formula is C17H21N3O2S. The number of carbonyl (C=O) groups excluding carboxylic acids is 2. The predicted molar refractivity (Wildman–Crippen MR) is 92.4 cm³/mol. The van der Waals surface area contributed by atoms with Crippen molar-refractivity contribution in [1.29, 1.82) is 0 Å². The number of benzene rings is 1. The number of aromatic nitrogens is 1. The normalized spacial score (nSPS) is 10.6. The minimum atomic E-state index is -0.110. The van der Waals surface area contributed by atoms with Crippen LogP contribution < -0.4 is 10.6 Å². The Morgan fingerprint density at radius 1 is 1.13 bits per heavy atom. The van der Waals surface area contributed by atoms with Crippen LogP contribution >= 0.6 is 11.3 Å². The molecule has 6 heteroatoms. The molecule has 0 fully saturated rings. The van der Waals surface area contributed by atoms with Crippen LogP contribution in [-0.4, -0.2) is 23.3 Å². The smallest absolute Gasteiger partial charge is 0.230 e. The number of hydrogen-bond acceptors (Lipinski definition) is 4. The van der Waals surface area contributed by atoms with Crippen LogP contribution in [0.25, 0.3) is 0 Å². The van der Waals surface area contributed by atoms with Gasteiger partial charge in [-0.3, -0.25) is 9.59 Å². The SMILES string of the molecule is CC(C)CNC(=O)Cc1csc(NC(=O)Cc2ccccc2)n1. The molecule has 0 saturated carbocycles. The molecule has 1 heterocycles. The van der Waals surface area contributed by atoms with E-state index in [2.05, 4.69) is 15.6 Å². The summed E-state index contributed by atoms with van der Waals surface area (Å²) in [5.41, 5.74) is 1.63. The molecule has 5 nitrogen and oxygen atoms in total. The molecule has 1 aromatic carbocycles. The Kier molecular flexibility index (Phi) is 6.29. The summed E-state index contributed by atoms with van der Waals surface area (Å²) in [4.78, 5) is 28.0. The number of nitrogens with one attached hydrogen (secondary N) is 2. The van der Waals surface area contributed by atoms with Gasteiger partial charge in [-0.15, -0.1) is 11.3 Å². The molecule has 0 saturated heterocycles. The number of amides is 2. The molecule has 0 radical (unpaired) electrons. The Balaban J connectivity index is 1.82. The van der Waals surface area contributed by atoms with Gasteiger partial charge in [0.25, 0.3) is 0 Å². The van der Waals surface area contributed by atoms with E-state index in [1.165, 1.54) is 11.3 Å². The fraction of sp³-hybridized carbons (Fsp3) is 0.353. The fourth-order valence-corrected chi connectivity index (χ4v) is 2.66. The predicted octanol–water partition coefficient (Wildman–Crippen LogP) is 2.64. The highest BCUT2D eigenvalue weighted by Gasteiger charge is 2.10. The molecule has 122 valence electrons. The second-order valence-electron chi connectivity index (χ2n) is 5.73. The minimum absolute atomic E-state index is 0.0498. The first-order valence-corrected chi connectivity index (χ1v) is 8.46. The Bertz CT molecular complexity index is 653. The lowest BCUT2D eigenvalue weighted by molar-refractivity contribution is -0.120. The van der Waals surface area contributed by atoms with Gasteiger partial charge in [0.2, 0.25) is 11.8 Å². The molecule has 23 heavy (non-hydrogen) atoms. The van der Waals surface area contributed by atoms with Crippen molar-refractivity contribution in [2.45, 2.75) is 26.7 Å². The van der Waals surface area contributed by atoms with E-state index in [0.717, 1.165) is 5.56 Å².